The van der Waals surface area contributed by atoms with E-state index in [2.05, 4.69) is 21.3 Å². The van der Waals surface area contributed by atoms with Gasteiger partial charge < -0.3 is 55.4 Å². The van der Waals surface area contributed by atoms with E-state index in [1.54, 1.807) is 0 Å². The highest BCUT2D eigenvalue weighted by atomic mass is 16.6. The highest BCUT2D eigenvalue weighted by Gasteiger charge is 2.49. The van der Waals surface area contributed by atoms with Crippen molar-refractivity contribution in [2.24, 2.45) is 5.73 Å². The maximum Gasteiger partial charge on any atom is 0.306 e. The second-order valence-electron chi connectivity index (χ2n) is 10.7. The highest BCUT2D eigenvalue weighted by molar-refractivity contribution is 5.88. The monoisotopic (exact) mass is 719 g/mol. The minimum Gasteiger partial charge on any atom is -0.454 e. The zero-order valence-electron chi connectivity index (χ0n) is 30.0. The molecule has 2 amide bonds. The normalized spacial score (nSPS) is 13.2. The molecule has 6 N–H and O–H groups in total. The van der Waals surface area contributed by atoms with Gasteiger partial charge in [-0.25, -0.2) is 0 Å². The molecule has 0 bridgehead atoms. The predicted octanol–water partition coefficient (Wildman–Crippen LogP) is -1.34. The van der Waals surface area contributed by atoms with Crippen LogP contribution in [0.2, 0.25) is 0 Å². The Hall–Kier alpha value is -3.71. The molecule has 0 saturated carbocycles. The van der Waals surface area contributed by atoms with Crippen LogP contribution in [0.25, 0.3) is 0 Å². The van der Waals surface area contributed by atoms with Crippen LogP contribution in [-0.2, 0) is 62.0 Å². The van der Waals surface area contributed by atoms with Crippen LogP contribution in [0.1, 0.15) is 66.2 Å². The zero-order valence-corrected chi connectivity index (χ0v) is 30.0. The number of hydrogen-bond donors (Lipinski definition) is 5. The van der Waals surface area contributed by atoms with Crippen LogP contribution in [0.4, 0.5) is 0 Å². The number of hydrogen-bond acceptors (Lipinski definition) is 16. The minimum atomic E-state index is -1.89. The molecule has 50 heavy (non-hydrogen) atoms. The Balaban J connectivity index is 6.12. The van der Waals surface area contributed by atoms with Gasteiger partial charge in [0, 0.05) is 78.5 Å². The molecule has 0 rings (SSSR count). The number of carbonyl (C=O) groups excluding carboxylic acids is 7. The van der Waals surface area contributed by atoms with Crippen molar-refractivity contribution in [3.63, 3.8) is 0 Å². The first-order valence-electron chi connectivity index (χ1n) is 17.0. The molecule has 0 fully saturated rings. The fourth-order valence-electron chi connectivity index (χ4n) is 4.01. The molecule has 0 aliphatic heterocycles. The fraction of sp³-hybridized carbons (Fsp3) is 0.781. The number of amides is 2. The van der Waals surface area contributed by atoms with Crippen LogP contribution in [0.15, 0.2) is 0 Å². The Kier molecular flexibility index (Phi) is 26.9. The van der Waals surface area contributed by atoms with Crippen molar-refractivity contribution in [2.45, 2.75) is 90.6 Å². The first-order valence-corrected chi connectivity index (χ1v) is 17.0. The second-order valence-corrected chi connectivity index (χ2v) is 10.7. The van der Waals surface area contributed by atoms with E-state index in [1.807, 2.05) is 0 Å². The molecule has 0 radical (unpaired) electrons. The molecular weight excluding hydrogens is 662 g/mol. The molecule has 288 valence electrons. The Morgan fingerprint density at radius 3 is 1.64 bits per heavy atom. The first kappa shape index (κ1) is 46.3. The summed E-state index contributed by atoms with van der Waals surface area (Å²) in [6, 6.07) is 0. The number of ketones is 1. The molecule has 0 aromatic heterocycles. The van der Waals surface area contributed by atoms with Crippen LogP contribution in [-0.4, -0.2) is 139 Å². The van der Waals surface area contributed by atoms with Crippen LogP contribution < -0.4 is 27.0 Å². The van der Waals surface area contributed by atoms with E-state index in [0.29, 0.717) is 45.9 Å². The third-order valence-corrected chi connectivity index (χ3v) is 6.69. The van der Waals surface area contributed by atoms with E-state index < -0.39 is 60.0 Å². The Bertz CT molecular complexity index is 1050. The van der Waals surface area contributed by atoms with Crippen molar-refractivity contribution in [1.29, 1.82) is 0 Å². The summed E-state index contributed by atoms with van der Waals surface area (Å²) in [6.45, 7) is 8.61. The standard InChI is InChI=1S/C32H57N5O13/c1-6-24(40)47-28(22(38)11-10-13-34-15-17-36-23(39)21-46-20-19-45-5)29(48-25(41)7-2)30(49-26(42)8-3)31(50-27(43)9-4)32(44)37-18-16-35-14-12-33/h28-31,34-35H,6-21,33H2,1-5H3,(H,36,39)(H,37,44). The van der Waals surface area contributed by atoms with Crippen molar-refractivity contribution < 1.29 is 62.0 Å². The number of nitrogens with one attached hydrogen (secondary N) is 4. The molecule has 4 atom stereocenters. The highest BCUT2D eigenvalue weighted by Crippen LogP contribution is 2.23. The summed E-state index contributed by atoms with van der Waals surface area (Å²) in [6.07, 6.45) is -8.11. The van der Waals surface area contributed by atoms with Gasteiger partial charge in [-0.05, 0) is 13.0 Å². The number of carbonyl (C=O) groups is 7. The second kappa shape index (κ2) is 29.1. The van der Waals surface area contributed by atoms with Crippen LogP contribution >= 0.6 is 0 Å². The van der Waals surface area contributed by atoms with Gasteiger partial charge in [0.25, 0.3) is 5.91 Å². The number of rotatable bonds is 30. The lowest BCUT2D eigenvalue weighted by atomic mass is 9.96. The molecule has 0 aliphatic rings. The lowest BCUT2D eigenvalue weighted by molar-refractivity contribution is -0.202. The van der Waals surface area contributed by atoms with Crippen molar-refractivity contribution in [3.8, 4) is 0 Å². The summed E-state index contributed by atoms with van der Waals surface area (Å²) in [5.74, 6) is -5.32. The van der Waals surface area contributed by atoms with Gasteiger partial charge in [-0.15, -0.1) is 0 Å². The van der Waals surface area contributed by atoms with E-state index in [-0.39, 0.29) is 64.2 Å². The number of ether oxygens (including phenoxy) is 6. The van der Waals surface area contributed by atoms with Gasteiger partial charge in [-0.1, -0.05) is 27.7 Å². The average molecular weight is 720 g/mol. The van der Waals surface area contributed by atoms with Gasteiger partial charge in [0.1, 0.15) is 6.61 Å². The van der Waals surface area contributed by atoms with Gasteiger partial charge in [0.15, 0.2) is 18.0 Å². The quantitative estimate of drug-likeness (QED) is 0.0327. The van der Waals surface area contributed by atoms with Crippen molar-refractivity contribution in [2.75, 3.05) is 72.7 Å². The lowest BCUT2D eigenvalue weighted by Gasteiger charge is -2.35. The van der Waals surface area contributed by atoms with E-state index in [1.165, 1.54) is 34.8 Å². The molecule has 0 aromatic rings. The topological polar surface area (TPSA) is 249 Å². The molecule has 0 saturated heterocycles. The zero-order chi connectivity index (χ0) is 37.7. The number of methoxy groups -OCH3 is 1. The lowest BCUT2D eigenvalue weighted by Crippen LogP contribution is -2.58. The summed E-state index contributed by atoms with van der Waals surface area (Å²) in [7, 11) is 1.52. The maximum atomic E-state index is 13.7. The van der Waals surface area contributed by atoms with E-state index >= 15 is 0 Å². The predicted molar refractivity (Wildman–Crippen MR) is 178 cm³/mol. The Morgan fingerprint density at radius 1 is 0.600 bits per heavy atom. The molecule has 0 aromatic carbocycles. The number of Topliss-reactive ketones (excluding diaryl/α,β-unsaturated/α-hetero) is 1. The van der Waals surface area contributed by atoms with Crippen LogP contribution in [0.5, 0.6) is 0 Å². The van der Waals surface area contributed by atoms with E-state index in [9.17, 15) is 33.6 Å². The molecule has 0 spiro atoms. The summed E-state index contributed by atoms with van der Waals surface area (Å²) in [4.78, 5) is 89.5. The Morgan fingerprint density at radius 2 is 1.10 bits per heavy atom. The maximum absolute atomic E-state index is 13.7. The van der Waals surface area contributed by atoms with Gasteiger partial charge in [-0.3, -0.25) is 33.6 Å². The largest absolute Gasteiger partial charge is 0.454 e. The number of esters is 4. The average Bonchev–Trinajstić information content (AvgIpc) is 3.11. The molecule has 18 heteroatoms. The first-order chi connectivity index (χ1) is 24.0. The number of nitrogens with two attached hydrogens (primary N) is 1. The summed E-state index contributed by atoms with van der Waals surface area (Å²) in [5, 5.41) is 11.3. The van der Waals surface area contributed by atoms with Crippen molar-refractivity contribution in [3.05, 3.63) is 0 Å². The third-order valence-electron chi connectivity index (χ3n) is 6.69. The molecular formula is C32H57N5O13. The molecule has 18 nitrogen and oxygen atoms in total. The minimum absolute atomic E-state index is 0.0545. The van der Waals surface area contributed by atoms with E-state index in [4.69, 9.17) is 34.2 Å². The summed E-state index contributed by atoms with van der Waals surface area (Å²) in [5.41, 5.74) is 5.47. The Labute approximate surface area is 293 Å². The molecule has 4 unspecified atom stereocenters. The fourth-order valence-corrected chi connectivity index (χ4v) is 4.01. The summed E-state index contributed by atoms with van der Waals surface area (Å²) >= 11 is 0. The summed E-state index contributed by atoms with van der Waals surface area (Å²) < 4.78 is 32.0. The SMILES string of the molecule is CCC(=O)OC(C(=O)CCCNCCNC(=O)COCCOC)C(OC(=O)CC)C(OC(=O)CC)C(OC(=O)CC)C(=O)NCCNCCN. The van der Waals surface area contributed by atoms with Crippen molar-refractivity contribution in [1.82, 2.24) is 21.3 Å². The molecule has 0 heterocycles. The van der Waals surface area contributed by atoms with Crippen LogP contribution in [0.3, 0.4) is 0 Å². The molecule has 0 aliphatic carbocycles. The third kappa shape index (κ3) is 20.7. The van der Waals surface area contributed by atoms with Gasteiger partial charge >= 0.3 is 23.9 Å². The van der Waals surface area contributed by atoms with Gasteiger partial charge in [0.05, 0.1) is 13.2 Å². The van der Waals surface area contributed by atoms with Crippen molar-refractivity contribution >= 4 is 41.5 Å². The smallest absolute Gasteiger partial charge is 0.306 e. The van der Waals surface area contributed by atoms with Gasteiger partial charge in [0.2, 0.25) is 18.1 Å². The van der Waals surface area contributed by atoms with Gasteiger partial charge in [-0.2, -0.15) is 0 Å². The van der Waals surface area contributed by atoms with E-state index in [0.717, 1.165) is 0 Å². The van der Waals surface area contributed by atoms with Crippen LogP contribution in [0, 0.1) is 0 Å².